The highest BCUT2D eigenvalue weighted by Gasteiger charge is 2.24. The second kappa shape index (κ2) is 6.02. The molecular weight excluding hydrogens is 178 g/mol. The van der Waals surface area contributed by atoms with E-state index in [4.69, 9.17) is 4.74 Å². The summed E-state index contributed by atoms with van der Waals surface area (Å²) in [7, 11) is 1.43. The molecule has 0 aliphatic heterocycles. The molecule has 0 aliphatic rings. The predicted molar refractivity (Wildman–Crippen MR) is 58.1 cm³/mol. The Balaban J connectivity index is 4.30. The van der Waals surface area contributed by atoms with Crippen LogP contribution in [0.4, 0.5) is 0 Å². The van der Waals surface area contributed by atoms with E-state index in [-0.39, 0.29) is 17.9 Å². The summed E-state index contributed by atoms with van der Waals surface area (Å²) in [6, 6.07) is 0.124. The first-order valence-corrected chi connectivity index (χ1v) is 5.24. The third-order valence-corrected chi connectivity index (χ3v) is 2.56. The molecule has 2 atom stereocenters. The fourth-order valence-corrected chi connectivity index (χ4v) is 1.14. The van der Waals surface area contributed by atoms with Gasteiger partial charge in [0.1, 0.15) is 6.04 Å². The minimum atomic E-state index is -0.197. The first-order chi connectivity index (χ1) is 6.40. The molecule has 0 spiro atoms. The largest absolute Gasteiger partial charge is 0.468 e. The van der Waals surface area contributed by atoms with E-state index >= 15 is 0 Å². The van der Waals surface area contributed by atoms with Crippen LogP contribution in [0.5, 0.6) is 0 Å². The average Bonchev–Trinajstić information content (AvgIpc) is 2.11. The SMILES string of the molecule is COC(=O)C(NC(C)C(C)C)C(C)C. The van der Waals surface area contributed by atoms with Gasteiger partial charge in [0, 0.05) is 6.04 Å². The van der Waals surface area contributed by atoms with Crippen LogP contribution in [0.15, 0.2) is 0 Å². The summed E-state index contributed by atoms with van der Waals surface area (Å²) in [6.07, 6.45) is 0. The second-order valence-electron chi connectivity index (χ2n) is 4.44. The molecule has 0 radical (unpaired) electrons. The first-order valence-electron chi connectivity index (χ1n) is 5.24. The zero-order chi connectivity index (χ0) is 11.3. The third kappa shape index (κ3) is 4.09. The summed E-state index contributed by atoms with van der Waals surface area (Å²) >= 11 is 0. The van der Waals surface area contributed by atoms with E-state index in [2.05, 4.69) is 26.1 Å². The molecule has 3 heteroatoms. The van der Waals surface area contributed by atoms with Crippen LogP contribution in [0.25, 0.3) is 0 Å². The number of nitrogens with one attached hydrogen (secondary N) is 1. The molecule has 0 saturated heterocycles. The van der Waals surface area contributed by atoms with E-state index in [1.165, 1.54) is 7.11 Å². The van der Waals surface area contributed by atoms with Gasteiger partial charge in [-0.25, -0.2) is 0 Å². The highest BCUT2D eigenvalue weighted by Crippen LogP contribution is 2.08. The monoisotopic (exact) mass is 201 g/mol. The van der Waals surface area contributed by atoms with Crippen molar-refractivity contribution in [3.8, 4) is 0 Å². The van der Waals surface area contributed by atoms with Crippen LogP contribution < -0.4 is 5.32 Å². The molecule has 14 heavy (non-hydrogen) atoms. The summed E-state index contributed by atoms with van der Waals surface area (Å²) < 4.78 is 4.75. The van der Waals surface area contributed by atoms with Gasteiger partial charge in [-0.05, 0) is 18.8 Å². The summed E-state index contributed by atoms with van der Waals surface area (Å²) in [4.78, 5) is 11.4. The van der Waals surface area contributed by atoms with Gasteiger partial charge in [0.15, 0.2) is 0 Å². The first kappa shape index (κ1) is 13.4. The van der Waals surface area contributed by atoms with Gasteiger partial charge >= 0.3 is 5.97 Å². The van der Waals surface area contributed by atoms with E-state index in [1.807, 2.05) is 13.8 Å². The number of carbonyl (C=O) groups excluding carboxylic acids is 1. The van der Waals surface area contributed by atoms with Gasteiger partial charge in [-0.2, -0.15) is 0 Å². The van der Waals surface area contributed by atoms with Gasteiger partial charge in [0.25, 0.3) is 0 Å². The molecule has 0 heterocycles. The van der Waals surface area contributed by atoms with Crippen molar-refractivity contribution in [3.63, 3.8) is 0 Å². The van der Waals surface area contributed by atoms with Crippen LogP contribution in [0, 0.1) is 11.8 Å². The number of hydrogen-bond acceptors (Lipinski definition) is 3. The van der Waals surface area contributed by atoms with Gasteiger partial charge < -0.3 is 10.1 Å². The maximum absolute atomic E-state index is 11.4. The molecule has 84 valence electrons. The number of carbonyl (C=O) groups is 1. The van der Waals surface area contributed by atoms with Crippen LogP contribution >= 0.6 is 0 Å². The van der Waals surface area contributed by atoms with E-state index in [0.717, 1.165) is 0 Å². The lowest BCUT2D eigenvalue weighted by Gasteiger charge is -2.26. The quantitative estimate of drug-likeness (QED) is 0.689. The van der Waals surface area contributed by atoms with Gasteiger partial charge in [-0.15, -0.1) is 0 Å². The van der Waals surface area contributed by atoms with Crippen molar-refractivity contribution in [2.75, 3.05) is 7.11 Å². The molecule has 3 nitrogen and oxygen atoms in total. The van der Waals surface area contributed by atoms with E-state index in [1.54, 1.807) is 0 Å². The van der Waals surface area contributed by atoms with Gasteiger partial charge in [0.05, 0.1) is 7.11 Å². The summed E-state index contributed by atoms with van der Waals surface area (Å²) in [5.74, 6) is 0.594. The molecule has 0 fully saturated rings. The number of hydrogen-bond donors (Lipinski definition) is 1. The van der Waals surface area contributed by atoms with Crippen LogP contribution in [0.1, 0.15) is 34.6 Å². The van der Waals surface area contributed by atoms with Crippen molar-refractivity contribution >= 4 is 5.97 Å². The Hall–Kier alpha value is -0.570. The Morgan fingerprint density at radius 3 is 1.86 bits per heavy atom. The molecule has 0 aromatic carbocycles. The maximum atomic E-state index is 11.4. The van der Waals surface area contributed by atoms with Crippen LogP contribution in [0.3, 0.4) is 0 Å². The fourth-order valence-electron chi connectivity index (χ4n) is 1.14. The Morgan fingerprint density at radius 1 is 1.07 bits per heavy atom. The second-order valence-corrected chi connectivity index (χ2v) is 4.44. The predicted octanol–water partition coefficient (Wildman–Crippen LogP) is 1.82. The normalized spacial score (nSPS) is 15.7. The molecule has 1 N–H and O–H groups in total. The Labute approximate surface area is 87.2 Å². The van der Waals surface area contributed by atoms with Gasteiger partial charge in [0.2, 0.25) is 0 Å². The lowest BCUT2D eigenvalue weighted by molar-refractivity contribution is -0.144. The minimum absolute atomic E-state index is 0.174. The van der Waals surface area contributed by atoms with Crippen LogP contribution in [0.2, 0.25) is 0 Å². The number of esters is 1. The molecule has 2 unspecified atom stereocenters. The topological polar surface area (TPSA) is 38.3 Å². The Bertz CT molecular complexity index is 178. The van der Waals surface area contributed by atoms with Crippen molar-refractivity contribution in [2.24, 2.45) is 11.8 Å². The molecule has 0 aromatic heterocycles. The molecule has 0 amide bonds. The van der Waals surface area contributed by atoms with Crippen LogP contribution in [-0.4, -0.2) is 25.2 Å². The van der Waals surface area contributed by atoms with Crippen molar-refractivity contribution in [1.29, 1.82) is 0 Å². The zero-order valence-electron chi connectivity index (χ0n) is 10.1. The van der Waals surface area contributed by atoms with Gasteiger partial charge in [-0.1, -0.05) is 27.7 Å². The summed E-state index contributed by atoms with van der Waals surface area (Å²) in [6.45, 7) is 10.4. The van der Waals surface area contributed by atoms with Gasteiger partial charge in [-0.3, -0.25) is 4.79 Å². The summed E-state index contributed by atoms with van der Waals surface area (Å²) in [5.41, 5.74) is 0. The van der Waals surface area contributed by atoms with Crippen molar-refractivity contribution in [2.45, 2.75) is 46.7 Å². The van der Waals surface area contributed by atoms with E-state index < -0.39 is 0 Å². The molecule has 0 rings (SSSR count). The average molecular weight is 201 g/mol. The number of ether oxygens (including phenoxy) is 1. The Morgan fingerprint density at radius 2 is 1.57 bits per heavy atom. The maximum Gasteiger partial charge on any atom is 0.323 e. The smallest absolute Gasteiger partial charge is 0.323 e. The molecule has 0 bridgehead atoms. The highest BCUT2D eigenvalue weighted by atomic mass is 16.5. The lowest BCUT2D eigenvalue weighted by Crippen LogP contribution is -2.47. The third-order valence-electron chi connectivity index (χ3n) is 2.56. The molecule has 0 saturated carbocycles. The summed E-state index contributed by atoms with van der Waals surface area (Å²) in [5, 5.41) is 3.29. The van der Waals surface area contributed by atoms with E-state index in [9.17, 15) is 4.79 Å². The highest BCUT2D eigenvalue weighted by molar-refractivity contribution is 5.75. The lowest BCUT2D eigenvalue weighted by atomic mass is 10.00. The standard InChI is InChI=1S/C11H23NO2/c1-7(2)9(5)12-10(8(3)4)11(13)14-6/h7-10,12H,1-6H3. The van der Waals surface area contributed by atoms with Crippen molar-refractivity contribution < 1.29 is 9.53 Å². The molecular formula is C11H23NO2. The number of methoxy groups -OCH3 is 1. The molecule has 0 aliphatic carbocycles. The van der Waals surface area contributed by atoms with Crippen molar-refractivity contribution in [1.82, 2.24) is 5.32 Å². The Kier molecular flexibility index (Phi) is 5.77. The van der Waals surface area contributed by atoms with E-state index in [0.29, 0.717) is 12.0 Å². The number of rotatable bonds is 5. The zero-order valence-corrected chi connectivity index (χ0v) is 10.1. The molecule has 0 aromatic rings. The fraction of sp³-hybridized carbons (Fsp3) is 0.909. The minimum Gasteiger partial charge on any atom is -0.468 e. The van der Waals surface area contributed by atoms with Crippen LogP contribution in [-0.2, 0) is 9.53 Å². The van der Waals surface area contributed by atoms with Crippen molar-refractivity contribution in [3.05, 3.63) is 0 Å².